The van der Waals surface area contributed by atoms with E-state index in [1.54, 1.807) is 6.07 Å². The number of ether oxygens (including phenoxy) is 1. The molecule has 0 unspecified atom stereocenters. The highest BCUT2D eigenvalue weighted by molar-refractivity contribution is 7.16. The predicted octanol–water partition coefficient (Wildman–Crippen LogP) is 4.29. The molecule has 8 nitrogen and oxygen atoms in total. The number of aromatic nitrogens is 1. The number of benzene rings is 2. The molecule has 0 aliphatic heterocycles. The van der Waals surface area contributed by atoms with Gasteiger partial charge in [0, 0.05) is 30.7 Å². The first-order valence-corrected chi connectivity index (χ1v) is 14.8. The Labute approximate surface area is 239 Å². The third kappa shape index (κ3) is 10.2. The molecule has 0 spiro atoms. The molecule has 1 heterocycles. The second kappa shape index (κ2) is 16.0. The summed E-state index contributed by atoms with van der Waals surface area (Å²) in [5.41, 5.74) is 2.63. The molecule has 3 aromatic rings. The van der Waals surface area contributed by atoms with Crippen LogP contribution in [0.25, 0.3) is 10.2 Å². The summed E-state index contributed by atoms with van der Waals surface area (Å²) < 4.78 is 6.55. The Kier molecular flexibility index (Phi) is 12.7. The molecule has 0 saturated heterocycles. The molecule has 0 bridgehead atoms. The number of carbonyl (C=O) groups excluding carboxylic acids is 1. The highest BCUT2D eigenvalue weighted by Gasteiger charge is 2.14. The molecule has 0 aliphatic rings. The zero-order chi connectivity index (χ0) is 28.2. The van der Waals surface area contributed by atoms with E-state index >= 15 is 0 Å². The van der Waals surface area contributed by atoms with Crippen LogP contribution in [0.15, 0.2) is 41.2 Å². The molecular formula is C29H41ClN4O4S. The summed E-state index contributed by atoms with van der Waals surface area (Å²) in [6.07, 6.45) is 2.75. The summed E-state index contributed by atoms with van der Waals surface area (Å²) >= 11 is 7.16. The number of nitrogens with zero attached hydrogens (tertiary/aromatic N) is 2. The number of phenolic OH excluding ortho intramolecular Hbond substituents is 1. The van der Waals surface area contributed by atoms with Crippen molar-refractivity contribution < 1.29 is 14.6 Å². The molecule has 0 radical (unpaired) electrons. The number of fused-ring (bicyclic) bond motifs is 1. The van der Waals surface area contributed by atoms with Gasteiger partial charge in [-0.25, -0.2) is 0 Å². The van der Waals surface area contributed by atoms with Gasteiger partial charge in [0.25, 0.3) is 0 Å². The largest absolute Gasteiger partial charge is 0.506 e. The molecule has 0 saturated carbocycles. The minimum Gasteiger partial charge on any atom is -0.506 e. The Hall–Kier alpha value is -2.43. The maximum absolute atomic E-state index is 13.0. The minimum absolute atomic E-state index is 0.0887. The molecular weight excluding hydrogens is 536 g/mol. The van der Waals surface area contributed by atoms with E-state index < -0.39 is 0 Å². The molecule has 3 N–H and O–H groups in total. The number of hydrogen-bond acceptors (Lipinski definition) is 7. The molecule has 0 fully saturated rings. The molecule has 0 atom stereocenters. The van der Waals surface area contributed by atoms with Crippen LogP contribution in [0.4, 0.5) is 0 Å². The Balaban J connectivity index is 1.43. The molecule has 10 heteroatoms. The average Bonchev–Trinajstić information content (AvgIpc) is 3.30. The number of H-pyrrole nitrogens is 1. The van der Waals surface area contributed by atoms with E-state index in [2.05, 4.69) is 36.1 Å². The van der Waals surface area contributed by atoms with Gasteiger partial charge in [-0.05, 0) is 82.6 Å². The van der Waals surface area contributed by atoms with Crippen LogP contribution in [-0.4, -0.2) is 84.8 Å². The van der Waals surface area contributed by atoms with Crippen LogP contribution in [-0.2, 0) is 22.4 Å². The minimum atomic E-state index is -0.175. The standard InChI is InChI=1S/C29H41ClN4O4S/c1-21(2)33(3)15-5-16-34(26(36)12-19-38-18-11-22-6-4-7-24(30)20-22)17-14-31-13-10-23-8-9-25(35)27-28(23)39-29(37)32-27/h4,6-9,20-21,31,35H,5,10-19H2,1-3H3,(H,32,37). The number of nitrogens with one attached hydrogen (secondary N) is 2. The van der Waals surface area contributed by atoms with Gasteiger partial charge in [-0.15, -0.1) is 0 Å². The topological polar surface area (TPSA) is 97.9 Å². The Morgan fingerprint density at radius 1 is 1.13 bits per heavy atom. The first-order chi connectivity index (χ1) is 18.7. The van der Waals surface area contributed by atoms with Gasteiger partial charge in [-0.3, -0.25) is 9.59 Å². The molecule has 1 aromatic heterocycles. The van der Waals surface area contributed by atoms with E-state index in [1.807, 2.05) is 35.2 Å². The van der Waals surface area contributed by atoms with Crippen molar-refractivity contribution in [2.75, 3.05) is 53.0 Å². The summed E-state index contributed by atoms with van der Waals surface area (Å²) in [5, 5.41) is 14.1. The van der Waals surface area contributed by atoms with Gasteiger partial charge in [0.05, 0.1) is 24.3 Å². The molecule has 1 amide bonds. The molecule has 3 rings (SSSR count). The number of thiazole rings is 1. The lowest BCUT2D eigenvalue weighted by molar-refractivity contribution is -0.132. The third-order valence-electron chi connectivity index (χ3n) is 6.83. The lowest BCUT2D eigenvalue weighted by atomic mass is 10.1. The average molecular weight is 577 g/mol. The van der Waals surface area contributed by atoms with Gasteiger partial charge in [0.15, 0.2) is 0 Å². The Morgan fingerprint density at radius 3 is 2.72 bits per heavy atom. The van der Waals surface area contributed by atoms with E-state index in [1.165, 1.54) is 0 Å². The van der Waals surface area contributed by atoms with Crippen LogP contribution in [0, 0.1) is 0 Å². The molecule has 2 aromatic carbocycles. The van der Waals surface area contributed by atoms with Gasteiger partial charge in [-0.2, -0.15) is 0 Å². The fraction of sp³-hybridized carbons (Fsp3) is 0.517. The van der Waals surface area contributed by atoms with Crippen LogP contribution in [0.3, 0.4) is 0 Å². The number of aromatic amines is 1. The number of rotatable bonds is 17. The highest BCUT2D eigenvalue weighted by atomic mass is 35.5. The quantitative estimate of drug-likeness (QED) is 0.207. The smallest absolute Gasteiger partial charge is 0.305 e. The number of carbonyl (C=O) groups is 1. The van der Waals surface area contributed by atoms with Crippen LogP contribution in [0.1, 0.15) is 37.8 Å². The third-order valence-corrected chi connectivity index (χ3v) is 8.02. The van der Waals surface area contributed by atoms with Gasteiger partial charge in [0.2, 0.25) is 5.91 Å². The van der Waals surface area contributed by atoms with E-state index in [4.69, 9.17) is 16.3 Å². The Morgan fingerprint density at radius 2 is 1.95 bits per heavy atom. The van der Waals surface area contributed by atoms with Crippen molar-refractivity contribution in [3.8, 4) is 5.75 Å². The normalized spacial score (nSPS) is 11.6. The van der Waals surface area contributed by atoms with E-state index in [0.29, 0.717) is 62.4 Å². The number of halogens is 1. The number of aromatic hydroxyl groups is 1. The van der Waals surface area contributed by atoms with Crippen LogP contribution in [0.5, 0.6) is 5.75 Å². The zero-order valence-electron chi connectivity index (χ0n) is 23.2. The second-order valence-electron chi connectivity index (χ2n) is 10.0. The van der Waals surface area contributed by atoms with Crippen molar-refractivity contribution in [3.05, 3.63) is 62.2 Å². The maximum Gasteiger partial charge on any atom is 0.305 e. The summed E-state index contributed by atoms with van der Waals surface area (Å²) in [4.78, 5) is 31.5. The van der Waals surface area contributed by atoms with E-state index in [0.717, 1.165) is 53.0 Å². The SMILES string of the molecule is CC(C)N(C)CCCN(CCNCCc1ccc(O)c2[nH]c(=O)sc12)C(=O)CCOCCc1cccc(Cl)c1. The van der Waals surface area contributed by atoms with Gasteiger partial charge in [-0.1, -0.05) is 41.1 Å². The van der Waals surface area contributed by atoms with Crippen molar-refractivity contribution in [1.82, 2.24) is 20.1 Å². The monoisotopic (exact) mass is 576 g/mol. The fourth-order valence-corrected chi connectivity index (χ4v) is 5.37. The fourth-order valence-electron chi connectivity index (χ4n) is 4.26. The van der Waals surface area contributed by atoms with Crippen molar-refractivity contribution >= 4 is 39.1 Å². The summed E-state index contributed by atoms with van der Waals surface area (Å²) in [6.45, 7) is 8.92. The van der Waals surface area contributed by atoms with Crippen molar-refractivity contribution in [3.63, 3.8) is 0 Å². The number of amides is 1. The summed E-state index contributed by atoms with van der Waals surface area (Å²) in [5.74, 6) is 0.190. The van der Waals surface area contributed by atoms with Crippen molar-refractivity contribution in [1.29, 1.82) is 0 Å². The number of phenols is 1. The number of hydrogen-bond donors (Lipinski definition) is 3. The summed E-state index contributed by atoms with van der Waals surface area (Å²) in [6, 6.07) is 11.7. The summed E-state index contributed by atoms with van der Waals surface area (Å²) in [7, 11) is 2.10. The van der Waals surface area contributed by atoms with E-state index in [-0.39, 0.29) is 16.5 Å². The van der Waals surface area contributed by atoms with Crippen molar-refractivity contribution in [2.45, 2.75) is 45.6 Å². The van der Waals surface area contributed by atoms with Crippen LogP contribution >= 0.6 is 22.9 Å². The second-order valence-corrected chi connectivity index (χ2v) is 11.4. The molecule has 214 valence electrons. The maximum atomic E-state index is 13.0. The first kappa shape index (κ1) is 31.1. The Bertz CT molecular complexity index is 1250. The molecule has 0 aliphatic carbocycles. The van der Waals surface area contributed by atoms with Gasteiger partial charge in [0.1, 0.15) is 11.3 Å². The molecule has 39 heavy (non-hydrogen) atoms. The lowest BCUT2D eigenvalue weighted by Gasteiger charge is -2.26. The van der Waals surface area contributed by atoms with E-state index in [9.17, 15) is 14.7 Å². The highest BCUT2D eigenvalue weighted by Crippen LogP contribution is 2.27. The zero-order valence-corrected chi connectivity index (χ0v) is 24.7. The first-order valence-electron chi connectivity index (χ1n) is 13.6. The van der Waals surface area contributed by atoms with Crippen LogP contribution in [0.2, 0.25) is 5.02 Å². The van der Waals surface area contributed by atoms with Crippen molar-refractivity contribution in [2.24, 2.45) is 0 Å². The van der Waals surface area contributed by atoms with Gasteiger partial charge >= 0.3 is 4.87 Å². The van der Waals surface area contributed by atoms with Crippen LogP contribution < -0.4 is 10.2 Å². The van der Waals surface area contributed by atoms with Gasteiger partial charge < -0.3 is 29.9 Å². The predicted molar refractivity (Wildman–Crippen MR) is 160 cm³/mol. The lowest BCUT2D eigenvalue weighted by Crippen LogP contribution is -2.39.